The second-order valence-electron chi connectivity index (χ2n) is 5.63. The Balaban J connectivity index is 1.95. The molecule has 0 unspecified atom stereocenters. The van der Waals surface area contributed by atoms with Crippen LogP contribution in [0, 0.1) is 18.3 Å². The summed E-state index contributed by atoms with van der Waals surface area (Å²) in [6.07, 6.45) is 0. The minimum absolute atomic E-state index is 0.185. The minimum Gasteiger partial charge on any atom is -0.304 e. The van der Waals surface area contributed by atoms with Crippen molar-refractivity contribution in [2.75, 3.05) is 46.3 Å². The molecule has 0 bridgehead atoms. The number of hydrogen-bond acceptors (Lipinski definition) is 5. The fourth-order valence-electron chi connectivity index (χ4n) is 2.45. The zero-order valence-corrected chi connectivity index (χ0v) is 13.9. The number of rotatable bonds is 5. The summed E-state index contributed by atoms with van der Waals surface area (Å²) < 4.78 is 27.4. The normalized spacial score (nSPS) is 17.3. The minimum atomic E-state index is -3.57. The average Bonchev–Trinajstić information content (AvgIpc) is 2.49. The largest absolute Gasteiger partial charge is 0.304 e. The molecule has 1 aromatic carbocycles. The standard InChI is InChI=1S/C15H22N4O2S/c1-13-3-4-14(12-16)11-15(13)22(20,21)17-5-6-19-9-7-18(2)8-10-19/h3-4,11,17H,5-10H2,1-2H3. The molecule has 0 aromatic heterocycles. The Morgan fingerprint density at radius 2 is 1.95 bits per heavy atom. The molecule has 1 N–H and O–H groups in total. The first-order valence-corrected chi connectivity index (χ1v) is 8.82. The molecule has 1 aromatic rings. The van der Waals surface area contributed by atoms with E-state index in [0.29, 0.717) is 24.2 Å². The number of likely N-dealkylation sites (N-methyl/N-ethyl adjacent to an activating group) is 1. The summed E-state index contributed by atoms with van der Waals surface area (Å²) in [7, 11) is -1.49. The fraction of sp³-hybridized carbons (Fsp3) is 0.533. The molecule has 1 fully saturated rings. The lowest BCUT2D eigenvalue weighted by molar-refractivity contribution is 0.156. The molecule has 1 saturated heterocycles. The van der Waals surface area contributed by atoms with Gasteiger partial charge in [0, 0.05) is 39.3 Å². The number of nitriles is 1. The van der Waals surface area contributed by atoms with Crippen LogP contribution in [0.1, 0.15) is 11.1 Å². The molecule has 2 rings (SSSR count). The number of benzene rings is 1. The van der Waals surface area contributed by atoms with E-state index in [9.17, 15) is 8.42 Å². The predicted molar refractivity (Wildman–Crippen MR) is 85.0 cm³/mol. The summed E-state index contributed by atoms with van der Waals surface area (Å²) in [5.41, 5.74) is 0.996. The van der Waals surface area contributed by atoms with Crippen molar-refractivity contribution in [2.45, 2.75) is 11.8 Å². The van der Waals surface area contributed by atoms with Crippen LogP contribution in [-0.2, 0) is 10.0 Å². The van der Waals surface area contributed by atoms with Crippen molar-refractivity contribution < 1.29 is 8.42 Å². The number of piperazine rings is 1. The summed E-state index contributed by atoms with van der Waals surface area (Å²) in [6, 6.07) is 6.68. The monoisotopic (exact) mass is 322 g/mol. The van der Waals surface area contributed by atoms with E-state index in [1.165, 1.54) is 6.07 Å². The van der Waals surface area contributed by atoms with Crippen molar-refractivity contribution in [3.05, 3.63) is 29.3 Å². The number of nitrogens with zero attached hydrogens (tertiary/aromatic N) is 3. The van der Waals surface area contributed by atoms with Crippen LogP contribution in [-0.4, -0.2) is 64.5 Å². The van der Waals surface area contributed by atoms with Crippen molar-refractivity contribution in [1.29, 1.82) is 5.26 Å². The maximum Gasteiger partial charge on any atom is 0.240 e. The Bertz CT molecular complexity index is 659. The second kappa shape index (κ2) is 7.20. The highest BCUT2D eigenvalue weighted by Gasteiger charge is 2.18. The topological polar surface area (TPSA) is 76.4 Å². The number of aryl methyl sites for hydroxylation is 1. The zero-order chi connectivity index (χ0) is 16.2. The van der Waals surface area contributed by atoms with Gasteiger partial charge >= 0.3 is 0 Å². The van der Waals surface area contributed by atoms with Gasteiger partial charge in [-0.05, 0) is 31.7 Å². The highest BCUT2D eigenvalue weighted by molar-refractivity contribution is 7.89. The maximum atomic E-state index is 12.4. The van der Waals surface area contributed by atoms with E-state index in [-0.39, 0.29) is 4.90 Å². The second-order valence-corrected chi connectivity index (χ2v) is 7.37. The predicted octanol–water partition coefficient (Wildman–Crippen LogP) is 0.392. The molecule has 120 valence electrons. The smallest absolute Gasteiger partial charge is 0.240 e. The van der Waals surface area contributed by atoms with Crippen LogP contribution in [0.3, 0.4) is 0 Å². The van der Waals surface area contributed by atoms with Gasteiger partial charge in [0.15, 0.2) is 0 Å². The van der Waals surface area contributed by atoms with Crippen molar-refractivity contribution >= 4 is 10.0 Å². The lowest BCUT2D eigenvalue weighted by atomic mass is 10.2. The van der Waals surface area contributed by atoms with Gasteiger partial charge in [0.2, 0.25) is 10.0 Å². The Morgan fingerprint density at radius 3 is 2.59 bits per heavy atom. The van der Waals surface area contributed by atoms with E-state index in [0.717, 1.165) is 26.2 Å². The average molecular weight is 322 g/mol. The Morgan fingerprint density at radius 1 is 1.27 bits per heavy atom. The van der Waals surface area contributed by atoms with Gasteiger partial charge in [0.05, 0.1) is 16.5 Å². The molecule has 0 spiro atoms. The molecule has 0 radical (unpaired) electrons. The molecule has 22 heavy (non-hydrogen) atoms. The first-order chi connectivity index (χ1) is 10.4. The van der Waals surface area contributed by atoms with E-state index in [1.807, 2.05) is 6.07 Å². The van der Waals surface area contributed by atoms with Crippen LogP contribution in [0.25, 0.3) is 0 Å². The molecule has 1 aliphatic rings. The number of sulfonamides is 1. The molecular formula is C15H22N4O2S. The Labute approximate surface area is 132 Å². The number of hydrogen-bond donors (Lipinski definition) is 1. The van der Waals surface area contributed by atoms with Crippen LogP contribution >= 0.6 is 0 Å². The van der Waals surface area contributed by atoms with Gasteiger partial charge in [-0.1, -0.05) is 6.07 Å². The van der Waals surface area contributed by atoms with Crippen LogP contribution in [0.15, 0.2) is 23.1 Å². The van der Waals surface area contributed by atoms with Crippen LogP contribution in [0.5, 0.6) is 0 Å². The van der Waals surface area contributed by atoms with E-state index in [4.69, 9.17) is 5.26 Å². The third-order valence-corrected chi connectivity index (χ3v) is 5.53. The quantitative estimate of drug-likeness (QED) is 0.849. The molecule has 0 amide bonds. The maximum absolute atomic E-state index is 12.4. The fourth-order valence-corrected chi connectivity index (χ4v) is 3.74. The van der Waals surface area contributed by atoms with Gasteiger partial charge in [-0.2, -0.15) is 5.26 Å². The van der Waals surface area contributed by atoms with Gasteiger partial charge in [0.25, 0.3) is 0 Å². The first kappa shape index (κ1) is 16.9. The zero-order valence-electron chi connectivity index (χ0n) is 13.0. The first-order valence-electron chi connectivity index (χ1n) is 7.34. The van der Waals surface area contributed by atoms with E-state index < -0.39 is 10.0 Å². The van der Waals surface area contributed by atoms with Gasteiger partial charge in [-0.3, -0.25) is 4.90 Å². The lowest BCUT2D eigenvalue weighted by Gasteiger charge is -2.32. The molecular weight excluding hydrogens is 300 g/mol. The van der Waals surface area contributed by atoms with Gasteiger partial charge in [0.1, 0.15) is 0 Å². The molecule has 1 heterocycles. The summed E-state index contributed by atoms with van der Waals surface area (Å²) in [5.74, 6) is 0. The summed E-state index contributed by atoms with van der Waals surface area (Å²) in [5, 5.41) is 8.91. The molecule has 6 nitrogen and oxygen atoms in total. The van der Waals surface area contributed by atoms with Crippen LogP contribution < -0.4 is 4.72 Å². The van der Waals surface area contributed by atoms with Crippen molar-refractivity contribution in [2.24, 2.45) is 0 Å². The van der Waals surface area contributed by atoms with Gasteiger partial charge in [-0.15, -0.1) is 0 Å². The van der Waals surface area contributed by atoms with E-state index in [1.54, 1.807) is 19.1 Å². The van der Waals surface area contributed by atoms with Crippen molar-refractivity contribution in [3.8, 4) is 6.07 Å². The molecule has 0 saturated carbocycles. The van der Waals surface area contributed by atoms with E-state index in [2.05, 4.69) is 21.6 Å². The van der Waals surface area contributed by atoms with Gasteiger partial charge in [-0.25, -0.2) is 13.1 Å². The van der Waals surface area contributed by atoms with Crippen LogP contribution in [0.4, 0.5) is 0 Å². The Hall–Kier alpha value is -1.46. The Kier molecular flexibility index (Phi) is 5.53. The summed E-state index contributed by atoms with van der Waals surface area (Å²) in [4.78, 5) is 4.70. The summed E-state index contributed by atoms with van der Waals surface area (Å²) in [6.45, 7) is 6.75. The third kappa shape index (κ3) is 4.27. The lowest BCUT2D eigenvalue weighted by Crippen LogP contribution is -2.46. The van der Waals surface area contributed by atoms with Gasteiger partial charge < -0.3 is 4.90 Å². The highest BCUT2D eigenvalue weighted by Crippen LogP contribution is 2.16. The van der Waals surface area contributed by atoms with Crippen molar-refractivity contribution in [1.82, 2.24) is 14.5 Å². The SMILES string of the molecule is Cc1ccc(C#N)cc1S(=O)(=O)NCCN1CCN(C)CC1. The van der Waals surface area contributed by atoms with Crippen LogP contribution in [0.2, 0.25) is 0 Å². The number of nitrogens with one attached hydrogen (secondary N) is 1. The molecule has 7 heteroatoms. The van der Waals surface area contributed by atoms with E-state index >= 15 is 0 Å². The van der Waals surface area contributed by atoms with Crippen molar-refractivity contribution in [3.63, 3.8) is 0 Å². The highest BCUT2D eigenvalue weighted by atomic mass is 32.2. The molecule has 1 aliphatic heterocycles. The summed E-state index contributed by atoms with van der Waals surface area (Å²) >= 11 is 0. The molecule has 0 aliphatic carbocycles. The third-order valence-electron chi connectivity index (χ3n) is 3.92. The molecule has 0 atom stereocenters.